The first kappa shape index (κ1) is 13.5. The lowest BCUT2D eigenvalue weighted by atomic mass is 10.3. The number of nitrogens with zero attached hydrogens (tertiary/aromatic N) is 3. The molecule has 0 fully saturated rings. The van der Waals surface area contributed by atoms with Crippen molar-refractivity contribution in [2.45, 2.75) is 27.3 Å². The second-order valence-corrected chi connectivity index (χ2v) is 5.00. The molecule has 19 heavy (non-hydrogen) atoms. The number of aryl methyl sites for hydroxylation is 2. The van der Waals surface area contributed by atoms with Gasteiger partial charge in [-0.1, -0.05) is 0 Å². The summed E-state index contributed by atoms with van der Waals surface area (Å²) in [6, 6.07) is 0. The first-order valence-electron chi connectivity index (χ1n) is 5.93. The Balaban J connectivity index is 2.32. The van der Waals surface area contributed by atoms with Gasteiger partial charge in [0.1, 0.15) is 11.6 Å². The minimum Gasteiger partial charge on any atom is -0.461 e. The minimum atomic E-state index is -0.483. The number of carbonyl (C=O) groups is 1. The number of nitrogen functional groups attached to an aromatic ring is 1. The number of hydrogen-bond donors (Lipinski definition) is 1. The average Bonchev–Trinajstić information content (AvgIpc) is 2.88. The van der Waals surface area contributed by atoms with E-state index in [1.54, 1.807) is 28.3 Å². The summed E-state index contributed by atoms with van der Waals surface area (Å²) in [5.74, 6) is 0.542. The molecule has 0 aliphatic heterocycles. The predicted octanol–water partition coefficient (Wildman–Crippen LogP) is 1.76. The van der Waals surface area contributed by atoms with Gasteiger partial charge in [-0.15, -0.1) is 11.3 Å². The van der Waals surface area contributed by atoms with Gasteiger partial charge in [0.25, 0.3) is 0 Å². The van der Waals surface area contributed by atoms with Crippen molar-refractivity contribution in [1.82, 2.24) is 14.5 Å². The maximum atomic E-state index is 11.7. The molecule has 0 radical (unpaired) electrons. The third-order valence-electron chi connectivity index (χ3n) is 2.81. The van der Waals surface area contributed by atoms with Crippen LogP contribution in [0.5, 0.6) is 0 Å². The highest BCUT2D eigenvalue weighted by molar-refractivity contribution is 7.09. The lowest BCUT2D eigenvalue weighted by Crippen LogP contribution is -2.10. The summed E-state index contributed by atoms with van der Waals surface area (Å²) < 4.78 is 6.73. The molecule has 7 heteroatoms. The Morgan fingerprint density at radius 2 is 2.26 bits per heavy atom. The van der Waals surface area contributed by atoms with Gasteiger partial charge < -0.3 is 15.0 Å². The summed E-state index contributed by atoms with van der Waals surface area (Å²) in [4.78, 5) is 21.2. The van der Waals surface area contributed by atoms with Crippen LogP contribution < -0.4 is 5.73 Å². The van der Waals surface area contributed by atoms with E-state index in [9.17, 15) is 4.79 Å². The largest absolute Gasteiger partial charge is 0.461 e. The summed E-state index contributed by atoms with van der Waals surface area (Å²) >= 11 is 1.56. The molecule has 102 valence electrons. The number of nitrogens with two attached hydrogens (primary N) is 1. The molecular weight excluding hydrogens is 264 g/mol. The van der Waals surface area contributed by atoms with Crippen molar-refractivity contribution < 1.29 is 9.53 Å². The molecule has 0 saturated heterocycles. The zero-order valence-corrected chi connectivity index (χ0v) is 12.0. The number of ether oxygens (including phenoxy) is 1. The molecule has 2 aromatic rings. The molecule has 0 bridgehead atoms. The van der Waals surface area contributed by atoms with Crippen LogP contribution in [-0.2, 0) is 11.3 Å². The first-order chi connectivity index (χ1) is 9.04. The fourth-order valence-electron chi connectivity index (χ4n) is 1.75. The van der Waals surface area contributed by atoms with Gasteiger partial charge in [-0.2, -0.15) is 0 Å². The Morgan fingerprint density at radius 1 is 1.53 bits per heavy atom. The van der Waals surface area contributed by atoms with Crippen LogP contribution in [-0.4, -0.2) is 27.1 Å². The maximum absolute atomic E-state index is 11.7. The van der Waals surface area contributed by atoms with Crippen LogP contribution in [0, 0.1) is 13.8 Å². The van der Waals surface area contributed by atoms with E-state index in [0.717, 1.165) is 10.6 Å². The lowest BCUT2D eigenvalue weighted by molar-refractivity contribution is 0.0521. The van der Waals surface area contributed by atoms with Gasteiger partial charge in [0.2, 0.25) is 0 Å². The quantitative estimate of drug-likeness (QED) is 0.863. The zero-order chi connectivity index (χ0) is 14.0. The lowest BCUT2D eigenvalue weighted by Gasteiger charge is -2.06. The molecule has 0 amide bonds. The fourth-order valence-corrected chi connectivity index (χ4v) is 2.52. The highest BCUT2D eigenvalue weighted by Gasteiger charge is 2.20. The molecular formula is C12H16N4O2S. The van der Waals surface area contributed by atoms with Crippen molar-refractivity contribution in [2.24, 2.45) is 0 Å². The number of hydrogen-bond acceptors (Lipinski definition) is 6. The Kier molecular flexibility index (Phi) is 3.84. The number of imidazole rings is 1. The van der Waals surface area contributed by atoms with Crippen LogP contribution in [0.2, 0.25) is 0 Å². The van der Waals surface area contributed by atoms with E-state index in [-0.39, 0.29) is 5.69 Å². The molecule has 0 saturated carbocycles. The topological polar surface area (TPSA) is 83.0 Å². The molecule has 0 unspecified atom stereocenters. The van der Waals surface area contributed by atoms with Gasteiger partial charge in [-0.3, -0.25) is 0 Å². The summed E-state index contributed by atoms with van der Waals surface area (Å²) in [6.45, 7) is 6.38. The van der Waals surface area contributed by atoms with Crippen molar-refractivity contribution in [3.63, 3.8) is 0 Å². The molecule has 0 aliphatic rings. The molecule has 2 heterocycles. The number of aromatic nitrogens is 3. The normalized spacial score (nSPS) is 10.7. The van der Waals surface area contributed by atoms with Gasteiger partial charge in [-0.05, 0) is 20.8 Å². The van der Waals surface area contributed by atoms with Gasteiger partial charge in [0.15, 0.2) is 5.69 Å². The third kappa shape index (κ3) is 2.60. The molecule has 2 N–H and O–H groups in total. The number of anilines is 1. The smallest absolute Gasteiger partial charge is 0.360 e. The van der Waals surface area contributed by atoms with E-state index in [1.165, 1.54) is 0 Å². The summed E-state index contributed by atoms with van der Waals surface area (Å²) in [7, 11) is 0. The van der Waals surface area contributed by atoms with Crippen LogP contribution in [0.3, 0.4) is 0 Å². The van der Waals surface area contributed by atoms with E-state index < -0.39 is 5.97 Å². The van der Waals surface area contributed by atoms with Gasteiger partial charge in [0.05, 0.1) is 24.4 Å². The highest BCUT2D eigenvalue weighted by Crippen LogP contribution is 2.20. The number of carbonyl (C=O) groups excluding carboxylic acids is 1. The van der Waals surface area contributed by atoms with Gasteiger partial charge in [0, 0.05) is 4.88 Å². The second-order valence-electron chi connectivity index (χ2n) is 4.06. The van der Waals surface area contributed by atoms with E-state index in [1.807, 2.05) is 13.8 Å². The second kappa shape index (κ2) is 5.40. The Bertz CT molecular complexity index is 603. The summed E-state index contributed by atoms with van der Waals surface area (Å²) in [5, 5.41) is 0. The first-order valence-corrected chi connectivity index (χ1v) is 6.81. The van der Waals surface area contributed by atoms with E-state index >= 15 is 0 Å². The number of thiazole rings is 1. The molecule has 6 nitrogen and oxygen atoms in total. The van der Waals surface area contributed by atoms with Gasteiger partial charge >= 0.3 is 5.97 Å². The fraction of sp³-hybridized carbons (Fsp3) is 0.417. The van der Waals surface area contributed by atoms with E-state index in [2.05, 4.69) is 9.97 Å². The van der Waals surface area contributed by atoms with Crippen molar-refractivity contribution in [3.8, 4) is 0 Å². The van der Waals surface area contributed by atoms with Crippen LogP contribution >= 0.6 is 11.3 Å². The Labute approximate surface area is 115 Å². The SMILES string of the molecule is CCOC(=O)c1nc(C)n(Cc2scnc2C)c1N. The molecule has 2 aromatic heterocycles. The van der Waals surface area contributed by atoms with Gasteiger partial charge in [-0.25, -0.2) is 14.8 Å². The summed E-state index contributed by atoms with van der Waals surface area (Å²) in [6.07, 6.45) is 0. The van der Waals surface area contributed by atoms with Crippen molar-refractivity contribution in [1.29, 1.82) is 0 Å². The van der Waals surface area contributed by atoms with Crippen LogP contribution in [0.25, 0.3) is 0 Å². The third-order valence-corrected chi connectivity index (χ3v) is 3.73. The van der Waals surface area contributed by atoms with Crippen molar-refractivity contribution in [3.05, 3.63) is 27.6 Å². The molecule has 0 spiro atoms. The molecule has 0 aromatic carbocycles. The predicted molar refractivity (Wildman–Crippen MR) is 73.3 cm³/mol. The van der Waals surface area contributed by atoms with Crippen LogP contribution in [0.15, 0.2) is 5.51 Å². The standard InChI is InChI=1S/C12H16N4O2S/c1-4-18-12(17)10-11(13)16(8(3)15-10)5-9-7(2)14-6-19-9/h6H,4-5,13H2,1-3H3. The maximum Gasteiger partial charge on any atom is 0.360 e. The molecule has 2 rings (SSSR count). The Hall–Kier alpha value is -1.89. The van der Waals surface area contributed by atoms with E-state index in [4.69, 9.17) is 10.5 Å². The van der Waals surface area contributed by atoms with Crippen molar-refractivity contribution >= 4 is 23.1 Å². The molecule has 0 atom stereocenters. The van der Waals surface area contributed by atoms with Crippen LogP contribution in [0.4, 0.5) is 5.82 Å². The monoisotopic (exact) mass is 280 g/mol. The number of rotatable bonds is 4. The average molecular weight is 280 g/mol. The van der Waals surface area contributed by atoms with E-state index in [0.29, 0.717) is 24.8 Å². The zero-order valence-electron chi connectivity index (χ0n) is 11.1. The highest BCUT2D eigenvalue weighted by atomic mass is 32.1. The molecule has 0 aliphatic carbocycles. The van der Waals surface area contributed by atoms with Crippen molar-refractivity contribution in [2.75, 3.05) is 12.3 Å². The minimum absolute atomic E-state index is 0.182. The Morgan fingerprint density at radius 3 is 2.84 bits per heavy atom. The number of esters is 1. The van der Waals surface area contributed by atoms with Crippen LogP contribution in [0.1, 0.15) is 33.8 Å². The summed E-state index contributed by atoms with van der Waals surface area (Å²) in [5.41, 5.74) is 8.93.